The molecule has 1 aromatic heterocycles. The molecule has 0 fully saturated rings. The van der Waals surface area contributed by atoms with Gasteiger partial charge in [0.15, 0.2) is 0 Å². The van der Waals surface area contributed by atoms with Crippen molar-refractivity contribution in [2.75, 3.05) is 0 Å². The number of primary amides is 1. The molecule has 0 aliphatic rings. The standard InChI is InChI=1S/C11H16N2O/c1-3-5-8-6-9(11(12)14)7-13-10(8)4-2/h6-7H,3-5H2,1-2H3,(H2,12,14). The molecule has 0 bridgehead atoms. The maximum Gasteiger partial charge on any atom is 0.250 e. The molecule has 0 unspecified atom stereocenters. The van der Waals surface area contributed by atoms with Gasteiger partial charge >= 0.3 is 0 Å². The van der Waals surface area contributed by atoms with Gasteiger partial charge in [0, 0.05) is 11.9 Å². The van der Waals surface area contributed by atoms with E-state index in [0.717, 1.165) is 30.5 Å². The molecule has 1 amide bonds. The van der Waals surface area contributed by atoms with Gasteiger partial charge in [0.2, 0.25) is 5.91 Å². The van der Waals surface area contributed by atoms with E-state index in [4.69, 9.17) is 5.73 Å². The summed E-state index contributed by atoms with van der Waals surface area (Å²) in [6, 6.07) is 1.86. The summed E-state index contributed by atoms with van der Waals surface area (Å²) in [6.07, 6.45) is 4.46. The van der Waals surface area contributed by atoms with E-state index in [9.17, 15) is 4.79 Å². The number of carbonyl (C=O) groups is 1. The van der Waals surface area contributed by atoms with E-state index in [0.29, 0.717) is 5.56 Å². The molecule has 3 heteroatoms. The summed E-state index contributed by atoms with van der Waals surface area (Å²) < 4.78 is 0. The minimum atomic E-state index is -0.405. The van der Waals surface area contributed by atoms with Crippen LogP contribution >= 0.6 is 0 Å². The first-order valence-electron chi connectivity index (χ1n) is 4.96. The van der Waals surface area contributed by atoms with Gasteiger partial charge in [0.05, 0.1) is 5.56 Å². The van der Waals surface area contributed by atoms with E-state index in [2.05, 4.69) is 18.8 Å². The lowest BCUT2D eigenvalue weighted by atomic mass is 10.0. The van der Waals surface area contributed by atoms with Crippen LogP contribution < -0.4 is 5.73 Å². The fourth-order valence-electron chi connectivity index (χ4n) is 1.48. The summed E-state index contributed by atoms with van der Waals surface area (Å²) in [6.45, 7) is 4.17. The van der Waals surface area contributed by atoms with Gasteiger partial charge in [-0.2, -0.15) is 0 Å². The Kier molecular flexibility index (Phi) is 3.63. The maximum absolute atomic E-state index is 10.9. The van der Waals surface area contributed by atoms with Crippen LogP contribution in [0.5, 0.6) is 0 Å². The molecule has 3 nitrogen and oxygen atoms in total. The van der Waals surface area contributed by atoms with Crippen LogP contribution in [0.1, 0.15) is 41.9 Å². The molecule has 1 rings (SSSR count). The van der Waals surface area contributed by atoms with Gasteiger partial charge in [-0.05, 0) is 24.5 Å². The molecule has 0 aliphatic heterocycles. The Bertz CT molecular complexity index is 334. The van der Waals surface area contributed by atoms with Crippen molar-refractivity contribution >= 4 is 5.91 Å². The molecule has 0 aliphatic carbocycles. The zero-order valence-electron chi connectivity index (χ0n) is 8.71. The van der Waals surface area contributed by atoms with E-state index in [1.165, 1.54) is 0 Å². The first-order chi connectivity index (χ1) is 6.69. The lowest BCUT2D eigenvalue weighted by Crippen LogP contribution is -2.12. The number of hydrogen-bond donors (Lipinski definition) is 1. The molecular formula is C11H16N2O. The lowest BCUT2D eigenvalue weighted by molar-refractivity contribution is 0.1000. The van der Waals surface area contributed by atoms with Gasteiger partial charge < -0.3 is 5.73 Å². The van der Waals surface area contributed by atoms with Crippen LogP contribution in [0.2, 0.25) is 0 Å². The highest BCUT2D eigenvalue weighted by molar-refractivity contribution is 5.92. The monoisotopic (exact) mass is 192 g/mol. The minimum absolute atomic E-state index is 0.405. The van der Waals surface area contributed by atoms with Crippen LogP contribution in [0.25, 0.3) is 0 Å². The van der Waals surface area contributed by atoms with Crippen molar-refractivity contribution in [2.45, 2.75) is 33.1 Å². The zero-order valence-corrected chi connectivity index (χ0v) is 8.71. The van der Waals surface area contributed by atoms with E-state index in [1.54, 1.807) is 6.20 Å². The van der Waals surface area contributed by atoms with Crippen molar-refractivity contribution in [3.05, 3.63) is 29.1 Å². The molecule has 0 radical (unpaired) electrons. The second-order valence-electron chi connectivity index (χ2n) is 3.30. The Morgan fingerprint density at radius 1 is 1.50 bits per heavy atom. The van der Waals surface area contributed by atoms with Crippen LogP contribution in [-0.2, 0) is 12.8 Å². The number of hydrogen-bond acceptors (Lipinski definition) is 2. The summed E-state index contributed by atoms with van der Waals surface area (Å²) >= 11 is 0. The second kappa shape index (κ2) is 4.74. The highest BCUT2D eigenvalue weighted by atomic mass is 16.1. The molecule has 0 saturated heterocycles. The lowest BCUT2D eigenvalue weighted by Gasteiger charge is -2.06. The van der Waals surface area contributed by atoms with Crippen LogP contribution in [0.4, 0.5) is 0 Å². The number of carbonyl (C=O) groups excluding carboxylic acids is 1. The smallest absolute Gasteiger partial charge is 0.250 e. The Labute approximate surface area is 84.3 Å². The predicted molar refractivity (Wildman–Crippen MR) is 56.1 cm³/mol. The van der Waals surface area contributed by atoms with Crippen molar-refractivity contribution in [1.29, 1.82) is 0 Å². The summed E-state index contributed by atoms with van der Waals surface area (Å²) in [5.74, 6) is -0.405. The van der Waals surface area contributed by atoms with Crippen LogP contribution in [0, 0.1) is 0 Å². The van der Waals surface area contributed by atoms with Crippen LogP contribution in [0.3, 0.4) is 0 Å². The number of nitrogens with zero attached hydrogens (tertiary/aromatic N) is 1. The fourth-order valence-corrected chi connectivity index (χ4v) is 1.48. The van der Waals surface area contributed by atoms with Gasteiger partial charge in [-0.3, -0.25) is 9.78 Å². The third kappa shape index (κ3) is 2.31. The topological polar surface area (TPSA) is 56.0 Å². The first-order valence-corrected chi connectivity index (χ1v) is 4.96. The second-order valence-corrected chi connectivity index (χ2v) is 3.30. The van der Waals surface area contributed by atoms with Gasteiger partial charge in [0.1, 0.15) is 0 Å². The quantitative estimate of drug-likeness (QED) is 0.789. The molecule has 0 atom stereocenters. The molecule has 1 heterocycles. The Morgan fingerprint density at radius 2 is 2.21 bits per heavy atom. The van der Waals surface area contributed by atoms with Gasteiger partial charge in [-0.15, -0.1) is 0 Å². The SMILES string of the molecule is CCCc1cc(C(N)=O)cnc1CC. The van der Waals surface area contributed by atoms with Crippen molar-refractivity contribution < 1.29 is 4.79 Å². The average Bonchev–Trinajstić information content (AvgIpc) is 2.18. The van der Waals surface area contributed by atoms with Crippen molar-refractivity contribution in [1.82, 2.24) is 4.98 Å². The number of nitrogens with two attached hydrogens (primary N) is 1. The molecule has 14 heavy (non-hydrogen) atoms. The molecular weight excluding hydrogens is 176 g/mol. The molecule has 0 spiro atoms. The van der Waals surface area contributed by atoms with E-state index in [1.807, 2.05) is 6.07 Å². The third-order valence-corrected chi connectivity index (χ3v) is 2.20. The van der Waals surface area contributed by atoms with Crippen molar-refractivity contribution in [3.63, 3.8) is 0 Å². The van der Waals surface area contributed by atoms with Gasteiger partial charge in [-0.25, -0.2) is 0 Å². The normalized spacial score (nSPS) is 10.1. The Balaban J connectivity index is 3.07. The highest BCUT2D eigenvalue weighted by Gasteiger charge is 2.06. The number of amides is 1. The minimum Gasteiger partial charge on any atom is -0.366 e. The van der Waals surface area contributed by atoms with Crippen LogP contribution in [-0.4, -0.2) is 10.9 Å². The summed E-state index contributed by atoms with van der Waals surface area (Å²) in [7, 11) is 0. The fraction of sp³-hybridized carbons (Fsp3) is 0.455. The number of aryl methyl sites for hydroxylation is 2. The van der Waals surface area contributed by atoms with Crippen molar-refractivity contribution in [2.24, 2.45) is 5.73 Å². The Hall–Kier alpha value is -1.38. The largest absolute Gasteiger partial charge is 0.366 e. The number of aromatic nitrogens is 1. The summed E-state index contributed by atoms with van der Waals surface area (Å²) in [5.41, 5.74) is 7.91. The van der Waals surface area contributed by atoms with E-state index >= 15 is 0 Å². The number of rotatable bonds is 4. The summed E-state index contributed by atoms with van der Waals surface area (Å²) in [4.78, 5) is 15.2. The van der Waals surface area contributed by atoms with Gasteiger partial charge in [0.25, 0.3) is 0 Å². The molecule has 0 aromatic carbocycles. The molecule has 1 aromatic rings. The molecule has 76 valence electrons. The molecule has 0 saturated carbocycles. The summed E-state index contributed by atoms with van der Waals surface area (Å²) in [5, 5.41) is 0. The van der Waals surface area contributed by atoms with Crippen LogP contribution in [0.15, 0.2) is 12.3 Å². The predicted octanol–water partition coefficient (Wildman–Crippen LogP) is 1.70. The highest BCUT2D eigenvalue weighted by Crippen LogP contribution is 2.11. The van der Waals surface area contributed by atoms with Gasteiger partial charge in [-0.1, -0.05) is 20.3 Å². The average molecular weight is 192 g/mol. The third-order valence-electron chi connectivity index (χ3n) is 2.20. The molecule has 2 N–H and O–H groups in total. The van der Waals surface area contributed by atoms with E-state index in [-0.39, 0.29) is 0 Å². The van der Waals surface area contributed by atoms with E-state index < -0.39 is 5.91 Å². The Morgan fingerprint density at radius 3 is 2.71 bits per heavy atom. The number of pyridine rings is 1. The maximum atomic E-state index is 10.9. The van der Waals surface area contributed by atoms with Crippen molar-refractivity contribution in [3.8, 4) is 0 Å². The zero-order chi connectivity index (χ0) is 10.6. The first kappa shape index (κ1) is 10.7.